The Bertz CT molecular complexity index is 3180. The molecule has 0 spiro atoms. The van der Waals surface area contributed by atoms with E-state index in [-0.39, 0.29) is 10.8 Å². The lowest BCUT2D eigenvalue weighted by molar-refractivity contribution is 0.662. The average Bonchev–Trinajstić information content (AvgIpc) is 3.68. The maximum absolute atomic E-state index is 2.42. The fraction of sp³-hybridized carbons (Fsp3) is 0.100. The molecule has 10 aromatic carbocycles. The van der Waals surface area contributed by atoms with Crippen LogP contribution >= 0.6 is 0 Å². The third kappa shape index (κ3) is 4.98. The standard InChI is InChI=1S/C60H44/c1-59(2)55-27-9-7-21-49(55)51-25-13-23-43(57(51)59)41-17-11-15-37(33-41)39-29-31-47-48-32-30-40(36-54(48)46-20-6-5-19-45(46)53(47)35-39)38-16-12-18-42(34-38)44-24-14-26-52-50-22-8-10-28-56(50)60(3,4)58(44)52/h5-36H,1-4H3. The Morgan fingerprint density at radius 1 is 0.233 bits per heavy atom. The highest BCUT2D eigenvalue weighted by Gasteiger charge is 2.38. The van der Waals surface area contributed by atoms with Gasteiger partial charge in [0.1, 0.15) is 0 Å². The molecule has 0 fully saturated rings. The quantitative estimate of drug-likeness (QED) is 0.157. The van der Waals surface area contributed by atoms with Gasteiger partial charge in [0.05, 0.1) is 0 Å². The molecule has 2 aliphatic carbocycles. The van der Waals surface area contributed by atoms with Crippen molar-refractivity contribution in [3.63, 3.8) is 0 Å². The Labute approximate surface area is 352 Å². The van der Waals surface area contributed by atoms with E-state index in [1.54, 1.807) is 0 Å². The summed E-state index contributed by atoms with van der Waals surface area (Å²) in [4.78, 5) is 0. The summed E-state index contributed by atoms with van der Waals surface area (Å²) in [7, 11) is 0. The van der Waals surface area contributed by atoms with Crippen molar-refractivity contribution < 1.29 is 0 Å². The zero-order valence-electron chi connectivity index (χ0n) is 34.5. The van der Waals surface area contributed by atoms with Crippen LogP contribution in [0.25, 0.3) is 99.1 Å². The third-order valence-electron chi connectivity index (χ3n) is 14.0. The van der Waals surface area contributed by atoms with Crippen LogP contribution in [0.1, 0.15) is 49.9 Å². The average molecular weight is 765 g/mol. The SMILES string of the molecule is CC1(C)c2ccccc2-c2cccc(-c3cccc(-c4ccc5c6ccc(-c7cccc(-c8cccc9c8C(C)(C)c8ccccc8-9)c7)cc6c6ccccc6c5c4)c3)c21. The molecular weight excluding hydrogens is 721 g/mol. The van der Waals surface area contributed by atoms with Crippen molar-refractivity contribution in [2.24, 2.45) is 0 Å². The van der Waals surface area contributed by atoms with Crippen LogP contribution in [-0.4, -0.2) is 0 Å². The fourth-order valence-electron chi connectivity index (χ4n) is 11.2. The van der Waals surface area contributed by atoms with E-state index in [1.165, 1.54) is 121 Å². The van der Waals surface area contributed by atoms with Gasteiger partial charge >= 0.3 is 0 Å². The molecule has 0 saturated heterocycles. The van der Waals surface area contributed by atoms with E-state index in [1.807, 2.05) is 0 Å². The van der Waals surface area contributed by atoms with Crippen LogP contribution in [0, 0.1) is 0 Å². The minimum atomic E-state index is -0.0730. The summed E-state index contributed by atoms with van der Waals surface area (Å²) in [5, 5.41) is 7.71. The molecule has 0 bridgehead atoms. The maximum Gasteiger partial charge on any atom is 0.0165 e. The highest BCUT2D eigenvalue weighted by Crippen LogP contribution is 2.54. The van der Waals surface area contributed by atoms with Crippen molar-refractivity contribution in [2.45, 2.75) is 38.5 Å². The lowest BCUT2D eigenvalue weighted by Gasteiger charge is -2.24. The molecule has 2 aliphatic rings. The molecule has 0 heterocycles. The predicted molar refractivity (Wildman–Crippen MR) is 256 cm³/mol. The molecule has 10 aromatic rings. The molecule has 0 radical (unpaired) electrons. The van der Waals surface area contributed by atoms with Crippen LogP contribution in [-0.2, 0) is 10.8 Å². The summed E-state index contributed by atoms with van der Waals surface area (Å²) in [5.74, 6) is 0. The minimum absolute atomic E-state index is 0.0730. The first-order valence-electron chi connectivity index (χ1n) is 21.3. The van der Waals surface area contributed by atoms with Gasteiger partial charge in [0.25, 0.3) is 0 Å². The molecule has 0 N–H and O–H groups in total. The second-order valence-corrected chi connectivity index (χ2v) is 18.0. The maximum atomic E-state index is 2.42. The van der Waals surface area contributed by atoms with Gasteiger partial charge in [0.2, 0.25) is 0 Å². The molecule has 0 nitrogen and oxygen atoms in total. The number of rotatable bonds is 4. The van der Waals surface area contributed by atoms with Crippen LogP contribution in [0.2, 0.25) is 0 Å². The molecular formula is C60H44. The van der Waals surface area contributed by atoms with Crippen molar-refractivity contribution >= 4 is 32.3 Å². The van der Waals surface area contributed by atoms with Gasteiger partial charge in [-0.05, 0) is 146 Å². The zero-order valence-corrected chi connectivity index (χ0v) is 34.5. The van der Waals surface area contributed by atoms with Crippen LogP contribution in [0.4, 0.5) is 0 Å². The number of fused-ring (bicyclic) bond motifs is 12. The van der Waals surface area contributed by atoms with Gasteiger partial charge in [-0.15, -0.1) is 0 Å². The Morgan fingerprint density at radius 2 is 0.567 bits per heavy atom. The van der Waals surface area contributed by atoms with Crippen LogP contribution in [0.3, 0.4) is 0 Å². The number of benzene rings is 10. The predicted octanol–water partition coefficient (Wildman–Crippen LogP) is 16.4. The summed E-state index contributed by atoms with van der Waals surface area (Å²) >= 11 is 0. The van der Waals surface area contributed by atoms with E-state index in [0.29, 0.717) is 0 Å². The molecule has 0 atom stereocenters. The Morgan fingerprint density at radius 3 is 1.03 bits per heavy atom. The van der Waals surface area contributed by atoms with Crippen molar-refractivity contribution in [3.8, 4) is 66.8 Å². The normalized spacial score (nSPS) is 14.3. The Hall–Kier alpha value is -7.02. The smallest absolute Gasteiger partial charge is 0.0165 e. The van der Waals surface area contributed by atoms with Crippen LogP contribution in [0.5, 0.6) is 0 Å². The number of hydrogen-bond donors (Lipinski definition) is 0. The van der Waals surface area contributed by atoms with Crippen molar-refractivity contribution in [3.05, 3.63) is 216 Å². The highest BCUT2D eigenvalue weighted by atomic mass is 14.4. The molecule has 284 valence electrons. The lowest BCUT2D eigenvalue weighted by Crippen LogP contribution is -2.16. The molecule has 0 aromatic heterocycles. The van der Waals surface area contributed by atoms with Crippen molar-refractivity contribution in [1.29, 1.82) is 0 Å². The zero-order chi connectivity index (χ0) is 40.3. The van der Waals surface area contributed by atoms with Gasteiger partial charge in [-0.25, -0.2) is 0 Å². The highest BCUT2D eigenvalue weighted by molar-refractivity contribution is 6.26. The van der Waals surface area contributed by atoms with Gasteiger partial charge in [0, 0.05) is 10.8 Å². The Kier molecular flexibility index (Phi) is 7.42. The summed E-state index contributed by atoms with van der Waals surface area (Å²) in [6.45, 7) is 9.50. The first-order chi connectivity index (χ1) is 29.3. The minimum Gasteiger partial charge on any atom is -0.0619 e. The van der Waals surface area contributed by atoms with E-state index in [9.17, 15) is 0 Å². The summed E-state index contributed by atoms with van der Waals surface area (Å²) in [5.41, 5.74) is 21.0. The molecule has 0 aliphatic heterocycles. The molecule has 12 rings (SSSR count). The monoisotopic (exact) mass is 764 g/mol. The topological polar surface area (TPSA) is 0 Å². The molecule has 0 saturated carbocycles. The molecule has 0 heteroatoms. The Balaban J connectivity index is 0.952. The summed E-state index contributed by atoms with van der Waals surface area (Å²) in [6.07, 6.45) is 0. The van der Waals surface area contributed by atoms with Crippen LogP contribution in [0.15, 0.2) is 194 Å². The van der Waals surface area contributed by atoms with E-state index < -0.39 is 0 Å². The van der Waals surface area contributed by atoms with Gasteiger partial charge < -0.3 is 0 Å². The fourth-order valence-corrected chi connectivity index (χ4v) is 11.2. The lowest BCUT2D eigenvalue weighted by atomic mass is 9.78. The molecule has 0 amide bonds. The first-order valence-corrected chi connectivity index (χ1v) is 21.3. The van der Waals surface area contributed by atoms with Crippen molar-refractivity contribution in [1.82, 2.24) is 0 Å². The van der Waals surface area contributed by atoms with Gasteiger partial charge in [-0.1, -0.05) is 198 Å². The second kappa shape index (κ2) is 12.7. The van der Waals surface area contributed by atoms with Gasteiger partial charge in [-0.2, -0.15) is 0 Å². The first kappa shape index (κ1) is 35.0. The third-order valence-corrected chi connectivity index (χ3v) is 14.0. The summed E-state index contributed by atoms with van der Waals surface area (Å²) in [6, 6.07) is 73.0. The van der Waals surface area contributed by atoms with Gasteiger partial charge in [-0.3, -0.25) is 0 Å². The summed E-state index contributed by atoms with van der Waals surface area (Å²) < 4.78 is 0. The van der Waals surface area contributed by atoms with E-state index >= 15 is 0 Å². The largest absolute Gasteiger partial charge is 0.0619 e. The number of hydrogen-bond acceptors (Lipinski definition) is 0. The van der Waals surface area contributed by atoms with E-state index in [4.69, 9.17) is 0 Å². The van der Waals surface area contributed by atoms with Gasteiger partial charge in [0.15, 0.2) is 0 Å². The second-order valence-electron chi connectivity index (χ2n) is 18.0. The molecule has 60 heavy (non-hydrogen) atoms. The van der Waals surface area contributed by atoms with Crippen molar-refractivity contribution in [2.75, 3.05) is 0 Å². The molecule has 0 unspecified atom stereocenters. The van der Waals surface area contributed by atoms with E-state index in [2.05, 4.69) is 222 Å². The van der Waals surface area contributed by atoms with Crippen LogP contribution < -0.4 is 0 Å². The van der Waals surface area contributed by atoms with E-state index in [0.717, 1.165) is 0 Å².